The fourth-order valence-corrected chi connectivity index (χ4v) is 7.10. The number of nitrogens with one attached hydrogen (secondary N) is 2. The van der Waals surface area contributed by atoms with Gasteiger partial charge in [-0.05, 0) is 86.2 Å². The van der Waals surface area contributed by atoms with E-state index in [1.54, 1.807) is 18.3 Å². The molecule has 0 saturated carbocycles. The molecular weight excluding hydrogens is 597 g/mol. The van der Waals surface area contributed by atoms with Gasteiger partial charge in [-0.15, -0.1) is 0 Å². The summed E-state index contributed by atoms with van der Waals surface area (Å²) < 4.78 is 39.8. The van der Waals surface area contributed by atoms with Crippen LogP contribution in [0.2, 0.25) is 0 Å². The minimum atomic E-state index is -3.50. The second-order valence-electron chi connectivity index (χ2n) is 11.0. The Morgan fingerprint density at radius 3 is 2.36 bits per heavy atom. The van der Waals surface area contributed by atoms with Gasteiger partial charge in [-0.1, -0.05) is 6.07 Å². The third-order valence-electron chi connectivity index (χ3n) is 8.13. The maximum atomic E-state index is 12.0. The monoisotopic (exact) mass is 632 g/mol. The average Bonchev–Trinajstić information content (AvgIpc) is 3.52. The first-order valence-electron chi connectivity index (χ1n) is 14.4. The molecule has 6 rings (SSSR count). The first kappa shape index (κ1) is 29.9. The number of morpholine rings is 1. The van der Waals surface area contributed by atoms with Crippen molar-refractivity contribution in [2.45, 2.75) is 25.9 Å². The Labute approximate surface area is 263 Å². The first-order valence-corrected chi connectivity index (χ1v) is 16.7. The molecule has 2 aliphatic rings. The summed E-state index contributed by atoms with van der Waals surface area (Å²) in [5, 5.41) is 4.05. The Morgan fingerprint density at radius 1 is 1.00 bits per heavy atom. The van der Waals surface area contributed by atoms with Crippen LogP contribution in [0.15, 0.2) is 72.9 Å². The molecule has 2 saturated heterocycles. The molecule has 0 radical (unpaired) electrons. The summed E-state index contributed by atoms with van der Waals surface area (Å²) in [5.74, 6) is 0.390. The van der Waals surface area contributed by atoms with Crippen LogP contribution in [0.25, 0.3) is 5.69 Å². The largest absolute Gasteiger partial charge is 0.494 e. The Balaban J connectivity index is 1.42. The standard InChI is InChI=1S/C32H36N6O4S2/c1-21-19-26(22(2)37(21)24-10-8-23(9-11-24)36-15-17-42-18-16-36)31-30(28-7-5-6-14-33-28)34-32(43)38(31)25-12-13-27(29(20-25)41-3)35-44(4,39)40/h5-14,19-20,30-31,35H,15-18H2,1-4H3,(H,34,43)/t30-,31+/m0/s1. The maximum Gasteiger partial charge on any atom is 0.229 e. The zero-order chi connectivity index (χ0) is 31.0. The summed E-state index contributed by atoms with van der Waals surface area (Å²) in [4.78, 5) is 9.10. The number of hydrogen-bond acceptors (Lipinski definition) is 7. The smallest absolute Gasteiger partial charge is 0.229 e. The van der Waals surface area contributed by atoms with E-state index < -0.39 is 10.0 Å². The van der Waals surface area contributed by atoms with Crippen molar-refractivity contribution in [2.75, 3.05) is 54.2 Å². The van der Waals surface area contributed by atoms with Crippen molar-refractivity contribution in [1.29, 1.82) is 0 Å². The molecule has 0 amide bonds. The van der Waals surface area contributed by atoms with Crippen LogP contribution in [-0.4, -0.2) is 62.8 Å². The maximum absolute atomic E-state index is 12.0. The van der Waals surface area contributed by atoms with E-state index in [0.29, 0.717) is 16.5 Å². The molecule has 0 unspecified atom stereocenters. The second-order valence-corrected chi connectivity index (χ2v) is 13.2. The molecule has 2 aliphatic heterocycles. The minimum Gasteiger partial charge on any atom is -0.494 e. The zero-order valence-electron chi connectivity index (χ0n) is 25.1. The number of aromatic nitrogens is 2. The van der Waals surface area contributed by atoms with Crippen molar-refractivity contribution in [3.05, 3.63) is 95.6 Å². The number of anilines is 3. The van der Waals surface area contributed by atoms with Crippen LogP contribution in [0.1, 0.15) is 34.7 Å². The average molecular weight is 633 g/mol. The van der Waals surface area contributed by atoms with Gasteiger partial charge in [0.05, 0.1) is 50.0 Å². The number of ether oxygens (including phenoxy) is 2. The Kier molecular flexibility index (Phi) is 8.23. The molecule has 2 aromatic heterocycles. The predicted molar refractivity (Wildman–Crippen MR) is 178 cm³/mol. The van der Waals surface area contributed by atoms with Crippen LogP contribution in [0.4, 0.5) is 17.1 Å². The molecule has 44 heavy (non-hydrogen) atoms. The lowest BCUT2D eigenvalue weighted by molar-refractivity contribution is 0.122. The minimum absolute atomic E-state index is 0.235. The van der Waals surface area contributed by atoms with Crippen LogP contribution in [0, 0.1) is 13.8 Å². The number of pyridine rings is 1. The Morgan fingerprint density at radius 2 is 1.70 bits per heavy atom. The number of sulfonamides is 1. The van der Waals surface area contributed by atoms with Crippen LogP contribution >= 0.6 is 12.2 Å². The van der Waals surface area contributed by atoms with Crippen LogP contribution in [-0.2, 0) is 14.8 Å². The lowest BCUT2D eigenvalue weighted by atomic mass is 9.96. The summed E-state index contributed by atoms with van der Waals surface area (Å²) in [6.45, 7) is 7.51. The van der Waals surface area contributed by atoms with Crippen molar-refractivity contribution in [1.82, 2.24) is 14.9 Å². The van der Waals surface area contributed by atoms with Crippen molar-refractivity contribution >= 4 is 44.4 Å². The summed E-state index contributed by atoms with van der Waals surface area (Å²) in [5.41, 5.74) is 7.54. The van der Waals surface area contributed by atoms with Gasteiger partial charge in [-0.2, -0.15) is 0 Å². The van der Waals surface area contributed by atoms with Crippen molar-refractivity contribution in [3.8, 4) is 11.4 Å². The van der Waals surface area contributed by atoms with Gasteiger partial charge in [0.2, 0.25) is 10.0 Å². The molecular formula is C32H36N6O4S2. The lowest BCUT2D eigenvalue weighted by Crippen LogP contribution is -2.36. The fourth-order valence-electron chi connectivity index (χ4n) is 6.18. The third-order valence-corrected chi connectivity index (χ3v) is 9.04. The number of hydrogen-bond donors (Lipinski definition) is 2. The molecule has 4 heterocycles. The fraction of sp³-hybridized carbons (Fsp3) is 0.312. The van der Waals surface area contributed by atoms with E-state index >= 15 is 0 Å². The van der Waals surface area contributed by atoms with Gasteiger partial charge in [-0.25, -0.2) is 8.42 Å². The summed E-state index contributed by atoms with van der Waals surface area (Å²) in [7, 11) is -1.98. The van der Waals surface area contributed by atoms with Gasteiger partial charge < -0.3 is 29.2 Å². The van der Waals surface area contributed by atoms with Crippen molar-refractivity contribution in [2.24, 2.45) is 0 Å². The second kappa shape index (κ2) is 12.1. The molecule has 0 bridgehead atoms. The van der Waals surface area contributed by atoms with Crippen LogP contribution < -0.4 is 24.6 Å². The molecule has 2 fully saturated rings. The molecule has 230 valence electrons. The SMILES string of the molecule is COc1cc(N2C(=S)N[C@@H](c3ccccn3)[C@H]2c2cc(C)n(-c3ccc(N4CCOCC4)cc3)c2C)ccc1NS(C)(=O)=O. The number of thiocarbonyl (C=S) groups is 1. The number of nitrogens with zero attached hydrogens (tertiary/aromatic N) is 4. The topological polar surface area (TPSA) is 101 Å². The molecule has 0 spiro atoms. The summed E-state index contributed by atoms with van der Waals surface area (Å²) in [6, 6.07) is 21.6. The molecule has 2 N–H and O–H groups in total. The highest BCUT2D eigenvalue weighted by Crippen LogP contribution is 2.45. The van der Waals surface area contributed by atoms with Gasteiger partial charge >= 0.3 is 0 Å². The quantitative estimate of drug-likeness (QED) is 0.263. The molecule has 0 aliphatic carbocycles. The molecule has 4 aromatic rings. The highest BCUT2D eigenvalue weighted by atomic mass is 32.2. The molecule has 2 aromatic carbocycles. The van der Waals surface area contributed by atoms with E-state index in [-0.39, 0.29) is 12.1 Å². The third kappa shape index (κ3) is 5.84. The highest BCUT2D eigenvalue weighted by Gasteiger charge is 2.42. The van der Waals surface area contributed by atoms with E-state index in [0.717, 1.165) is 66.6 Å². The van der Waals surface area contributed by atoms with Gasteiger partial charge in [-0.3, -0.25) is 9.71 Å². The van der Waals surface area contributed by atoms with E-state index in [9.17, 15) is 8.42 Å². The van der Waals surface area contributed by atoms with E-state index in [1.165, 1.54) is 12.8 Å². The van der Waals surface area contributed by atoms with Gasteiger partial charge in [0.1, 0.15) is 5.75 Å². The summed E-state index contributed by atoms with van der Waals surface area (Å²) in [6.07, 6.45) is 2.90. The number of benzene rings is 2. The normalized spacial score (nSPS) is 18.8. The summed E-state index contributed by atoms with van der Waals surface area (Å²) >= 11 is 5.94. The van der Waals surface area contributed by atoms with Crippen molar-refractivity contribution < 1.29 is 17.9 Å². The predicted octanol–water partition coefficient (Wildman–Crippen LogP) is 4.88. The van der Waals surface area contributed by atoms with Gasteiger partial charge in [0.25, 0.3) is 0 Å². The van der Waals surface area contributed by atoms with E-state index in [1.807, 2.05) is 24.3 Å². The van der Waals surface area contributed by atoms with E-state index in [2.05, 4.69) is 73.6 Å². The number of rotatable bonds is 8. The molecule has 2 atom stereocenters. The van der Waals surface area contributed by atoms with Gasteiger partial charge in [0.15, 0.2) is 5.11 Å². The van der Waals surface area contributed by atoms with Crippen LogP contribution in [0.5, 0.6) is 5.75 Å². The first-order chi connectivity index (χ1) is 21.1. The zero-order valence-corrected chi connectivity index (χ0v) is 26.8. The van der Waals surface area contributed by atoms with E-state index in [4.69, 9.17) is 21.7 Å². The highest BCUT2D eigenvalue weighted by molar-refractivity contribution is 7.92. The van der Waals surface area contributed by atoms with Crippen molar-refractivity contribution in [3.63, 3.8) is 0 Å². The Hall–Kier alpha value is -4.13. The Bertz CT molecular complexity index is 1770. The lowest BCUT2D eigenvalue weighted by Gasteiger charge is -2.29. The number of methoxy groups -OCH3 is 1. The van der Waals surface area contributed by atoms with Gasteiger partial charge in [0, 0.05) is 53.8 Å². The molecule has 10 nitrogen and oxygen atoms in total. The van der Waals surface area contributed by atoms with Crippen LogP contribution in [0.3, 0.4) is 0 Å². The number of aryl methyl sites for hydroxylation is 1. The molecule has 12 heteroatoms.